The molecule has 2 rings (SSSR count). The smallest absolute Gasteiger partial charge is 0.0294 e. The van der Waals surface area contributed by atoms with Crippen molar-refractivity contribution < 1.29 is 0 Å². The molecule has 2 heteroatoms. The van der Waals surface area contributed by atoms with Gasteiger partial charge in [-0.3, -0.25) is 0 Å². The third kappa shape index (κ3) is 3.19. The first kappa shape index (κ1) is 11.4. The topological polar surface area (TPSA) is 26.0 Å². The second kappa shape index (κ2) is 5.83. The van der Waals surface area contributed by atoms with Gasteiger partial charge >= 0.3 is 0 Å². The lowest BCUT2D eigenvalue weighted by molar-refractivity contribution is 0.612. The van der Waals surface area contributed by atoms with Gasteiger partial charge < -0.3 is 5.73 Å². The predicted octanol–water partition coefficient (Wildman–Crippen LogP) is 3.77. The van der Waals surface area contributed by atoms with Gasteiger partial charge in [0.05, 0.1) is 0 Å². The number of nitrogens with two attached hydrogens (primary N) is 1. The first-order chi connectivity index (χ1) is 7.86. The zero-order chi connectivity index (χ0) is 11.2. The van der Waals surface area contributed by atoms with Crippen LogP contribution in [-0.4, -0.2) is 0 Å². The molecule has 0 aliphatic heterocycles. The minimum atomic E-state index is 0.180. The fourth-order valence-electron chi connectivity index (χ4n) is 1.83. The van der Waals surface area contributed by atoms with Gasteiger partial charge in [-0.25, -0.2) is 0 Å². The van der Waals surface area contributed by atoms with Crippen LogP contribution in [0.2, 0.25) is 0 Å². The molecule has 1 nitrogen and oxygen atoms in total. The highest BCUT2D eigenvalue weighted by atomic mass is 32.1. The molecule has 0 aliphatic carbocycles. The zero-order valence-electron chi connectivity index (χ0n) is 9.30. The highest BCUT2D eigenvalue weighted by Gasteiger charge is 2.04. The molecule has 84 valence electrons. The fraction of sp³-hybridized carbons (Fsp3) is 0.286. The maximum Gasteiger partial charge on any atom is 0.0294 e. The number of benzene rings is 1. The highest BCUT2D eigenvalue weighted by molar-refractivity contribution is 7.07. The lowest BCUT2D eigenvalue weighted by Gasteiger charge is -2.11. The molecule has 0 bridgehead atoms. The van der Waals surface area contributed by atoms with Crippen molar-refractivity contribution in [1.82, 2.24) is 0 Å². The molecule has 1 atom stereocenters. The summed E-state index contributed by atoms with van der Waals surface area (Å²) in [5, 5.41) is 4.35. The number of thiophene rings is 1. The van der Waals surface area contributed by atoms with Gasteiger partial charge in [-0.15, -0.1) is 0 Å². The van der Waals surface area contributed by atoms with E-state index in [0.29, 0.717) is 0 Å². The van der Waals surface area contributed by atoms with Gasteiger partial charge in [-0.1, -0.05) is 30.3 Å². The van der Waals surface area contributed by atoms with Crippen LogP contribution in [-0.2, 0) is 6.42 Å². The van der Waals surface area contributed by atoms with Crippen LogP contribution in [0.15, 0.2) is 47.2 Å². The fourth-order valence-corrected chi connectivity index (χ4v) is 2.53. The van der Waals surface area contributed by atoms with E-state index in [1.165, 1.54) is 11.1 Å². The molecule has 0 fully saturated rings. The lowest BCUT2D eigenvalue weighted by atomic mass is 10.0. The Kier molecular flexibility index (Phi) is 4.14. The molecular weight excluding hydrogens is 214 g/mol. The number of hydrogen-bond acceptors (Lipinski definition) is 2. The van der Waals surface area contributed by atoms with Crippen LogP contribution in [0.1, 0.15) is 30.0 Å². The van der Waals surface area contributed by atoms with Crippen molar-refractivity contribution >= 4 is 11.3 Å². The van der Waals surface area contributed by atoms with Crippen molar-refractivity contribution in [3.63, 3.8) is 0 Å². The monoisotopic (exact) mass is 231 g/mol. The van der Waals surface area contributed by atoms with E-state index in [1.807, 2.05) is 18.2 Å². The van der Waals surface area contributed by atoms with Gasteiger partial charge in [-0.05, 0) is 47.2 Å². The van der Waals surface area contributed by atoms with Gasteiger partial charge in [-0.2, -0.15) is 11.3 Å². The first-order valence-corrected chi connectivity index (χ1v) is 6.62. The van der Waals surface area contributed by atoms with Crippen LogP contribution < -0.4 is 5.73 Å². The van der Waals surface area contributed by atoms with Crippen LogP contribution in [0, 0.1) is 0 Å². The summed E-state index contributed by atoms with van der Waals surface area (Å²) in [5.74, 6) is 0. The van der Waals surface area contributed by atoms with E-state index < -0.39 is 0 Å². The number of rotatable bonds is 5. The SMILES string of the molecule is NC(CCCc1ccsc1)c1ccccc1. The summed E-state index contributed by atoms with van der Waals surface area (Å²) >= 11 is 1.76. The summed E-state index contributed by atoms with van der Waals surface area (Å²) in [7, 11) is 0. The van der Waals surface area contributed by atoms with Gasteiger partial charge in [0.2, 0.25) is 0 Å². The Morgan fingerprint density at radius 3 is 2.62 bits per heavy atom. The maximum atomic E-state index is 6.14. The Labute approximate surface area is 101 Å². The molecule has 0 amide bonds. The summed E-state index contributed by atoms with van der Waals surface area (Å²) in [5.41, 5.74) is 8.82. The Morgan fingerprint density at radius 2 is 1.94 bits per heavy atom. The van der Waals surface area contributed by atoms with Gasteiger partial charge in [0, 0.05) is 6.04 Å². The van der Waals surface area contributed by atoms with Crippen LogP contribution >= 0.6 is 11.3 Å². The van der Waals surface area contributed by atoms with E-state index in [1.54, 1.807) is 11.3 Å². The average Bonchev–Trinajstić information content (AvgIpc) is 2.83. The first-order valence-electron chi connectivity index (χ1n) is 5.68. The minimum absolute atomic E-state index is 0.180. The lowest BCUT2D eigenvalue weighted by Crippen LogP contribution is -2.10. The van der Waals surface area contributed by atoms with Gasteiger partial charge in [0.15, 0.2) is 0 Å². The molecule has 2 N–H and O–H groups in total. The van der Waals surface area contributed by atoms with Crippen molar-refractivity contribution in [2.75, 3.05) is 0 Å². The molecule has 1 heterocycles. The molecule has 0 spiro atoms. The van der Waals surface area contributed by atoms with E-state index >= 15 is 0 Å². The molecule has 0 radical (unpaired) electrons. The summed E-state index contributed by atoms with van der Waals surface area (Å²) < 4.78 is 0. The van der Waals surface area contributed by atoms with E-state index in [4.69, 9.17) is 5.73 Å². The molecule has 1 aromatic heterocycles. The van der Waals surface area contributed by atoms with Gasteiger partial charge in [0.1, 0.15) is 0 Å². The zero-order valence-corrected chi connectivity index (χ0v) is 10.1. The predicted molar refractivity (Wildman–Crippen MR) is 70.6 cm³/mol. The molecule has 16 heavy (non-hydrogen) atoms. The number of hydrogen-bond donors (Lipinski definition) is 1. The van der Waals surface area contributed by atoms with Gasteiger partial charge in [0.25, 0.3) is 0 Å². The summed E-state index contributed by atoms with van der Waals surface area (Å²) in [6, 6.07) is 12.7. The van der Waals surface area contributed by atoms with Crippen molar-refractivity contribution in [1.29, 1.82) is 0 Å². The maximum absolute atomic E-state index is 6.14. The van der Waals surface area contributed by atoms with Crippen LogP contribution in [0.4, 0.5) is 0 Å². The summed E-state index contributed by atoms with van der Waals surface area (Å²) in [6.45, 7) is 0. The molecular formula is C14H17NS. The standard InChI is InChI=1S/C14H17NS/c15-14(13-6-2-1-3-7-13)8-4-5-12-9-10-16-11-12/h1-3,6-7,9-11,14H,4-5,8,15H2. The Bertz CT molecular complexity index is 394. The van der Waals surface area contributed by atoms with Crippen molar-refractivity contribution in [3.8, 4) is 0 Å². The third-order valence-corrected chi connectivity index (χ3v) is 3.52. The second-order valence-corrected chi connectivity index (χ2v) is 4.82. The molecule has 0 aliphatic rings. The normalized spacial score (nSPS) is 12.6. The van der Waals surface area contributed by atoms with E-state index in [0.717, 1.165) is 19.3 Å². The minimum Gasteiger partial charge on any atom is -0.324 e. The van der Waals surface area contributed by atoms with Crippen LogP contribution in [0.3, 0.4) is 0 Å². The molecule has 0 saturated carbocycles. The third-order valence-electron chi connectivity index (χ3n) is 2.79. The Morgan fingerprint density at radius 1 is 1.12 bits per heavy atom. The van der Waals surface area contributed by atoms with E-state index in [2.05, 4.69) is 29.0 Å². The van der Waals surface area contributed by atoms with Crippen molar-refractivity contribution in [2.45, 2.75) is 25.3 Å². The summed E-state index contributed by atoms with van der Waals surface area (Å²) in [4.78, 5) is 0. The molecule has 1 aromatic carbocycles. The quantitative estimate of drug-likeness (QED) is 0.833. The van der Waals surface area contributed by atoms with Crippen LogP contribution in [0.25, 0.3) is 0 Å². The number of aryl methyl sites for hydroxylation is 1. The van der Waals surface area contributed by atoms with Crippen molar-refractivity contribution in [3.05, 3.63) is 58.3 Å². The molecule has 0 saturated heterocycles. The summed E-state index contributed by atoms with van der Waals surface area (Å²) in [6.07, 6.45) is 3.36. The average molecular weight is 231 g/mol. The van der Waals surface area contributed by atoms with Crippen LogP contribution in [0.5, 0.6) is 0 Å². The highest BCUT2D eigenvalue weighted by Crippen LogP contribution is 2.17. The van der Waals surface area contributed by atoms with E-state index in [9.17, 15) is 0 Å². The second-order valence-electron chi connectivity index (χ2n) is 4.04. The molecule has 2 aromatic rings. The molecule has 1 unspecified atom stereocenters. The largest absolute Gasteiger partial charge is 0.324 e. The Hall–Kier alpha value is -1.12. The Balaban J connectivity index is 1.78. The van der Waals surface area contributed by atoms with Crippen molar-refractivity contribution in [2.24, 2.45) is 5.73 Å². The van der Waals surface area contributed by atoms with E-state index in [-0.39, 0.29) is 6.04 Å².